The quantitative estimate of drug-likeness (QED) is 0.531. The predicted octanol–water partition coefficient (Wildman–Crippen LogP) is 4.67. The minimum Gasteiger partial charge on any atom is -0.478 e. The average Bonchev–Trinajstić information content (AvgIpc) is 2.71. The van der Waals surface area contributed by atoms with E-state index in [2.05, 4.69) is 35.9 Å². The van der Waals surface area contributed by atoms with E-state index in [0.717, 1.165) is 10.5 Å². The van der Waals surface area contributed by atoms with Gasteiger partial charge in [-0.05, 0) is 67.8 Å². The fourth-order valence-corrected chi connectivity index (χ4v) is 4.75. The monoisotopic (exact) mass is 441 g/mol. The van der Waals surface area contributed by atoms with Crippen LogP contribution in [-0.2, 0) is 16.4 Å². The smallest absolute Gasteiger partial charge is 0.335 e. The fourth-order valence-electron chi connectivity index (χ4n) is 2.88. The Labute approximate surface area is 181 Å². The molecule has 3 aromatic rings. The summed E-state index contributed by atoms with van der Waals surface area (Å²) in [4.78, 5) is 13.5. The summed E-state index contributed by atoms with van der Waals surface area (Å²) < 4.78 is 27.5. The first kappa shape index (κ1) is 22.1. The summed E-state index contributed by atoms with van der Waals surface area (Å²) in [5, 5.41) is 9.19. The lowest BCUT2D eigenvalue weighted by molar-refractivity contribution is 0.0696. The Kier molecular flexibility index (Phi) is 6.97. The SMILES string of the molecule is Cc1ccc(Sc2ccc(CCNS(=O)(=O)c3ccc(C)c(C(=O)O)c3)cc2)cc1. The third-order valence-corrected chi connectivity index (χ3v) is 7.11. The Hall–Kier alpha value is -2.61. The number of rotatable bonds is 8. The highest BCUT2D eigenvalue weighted by Gasteiger charge is 2.17. The van der Waals surface area contributed by atoms with Gasteiger partial charge in [0.15, 0.2) is 0 Å². The molecule has 0 aromatic heterocycles. The summed E-state index contributed by atoms with van der Waals surface area (Å²) in [7, 11) is -3.77. The molecule has 0 unspecified atom stereocenters. The number of hydrogen-bond donors (Lipinski definition) is 2. The van der Waals surface area contributed by atoms with E-state index in [9.17, 15) is 18.3 Å². The second kappa shape index (κ2) is 9.47. The van der Waals surface area contributed by atoms with Crippen molar-refractivity contribution >= 4 is 27.8 Å². The number of carboxylic acid groups (broad SMARTS) is 1. The maximum atomic E-state index is 12.5. The number of nitrogens with one attached hydrogen (secondary N) is 1. The summed E-state index contributed by atoms with van der Waals surface area (Å²) in [6.07, 6.45) is 0.534. The molecule has 2 N–H and O–H groups in total. The molecule has 0 radical (unpaired) electrons. The molecule has 0 aliphatic carbocycles. The zero-order chi connectivity index (χ0) is 21.7. The molecule has 5 nitrogen and oxygen atoms in total. The topological polar surface area (TPSA) is 83.5 Å². The van der Waals surface area contributed by atoms with Crippen molar-refractivity contribution in [3.05, 3.63) is 89.0 Å². The summed E-state index contributed by atoms with van der Waals surface area (Å²) in [5.41, 5.74) is 2.74. The van der Waals surface area contributed by atoms with Crippen molar-refractivity contribution in [3.63, 3.8) is 0 Å². The van der Waals surface area contributed by atoms with Crippen molar-refractivity contribution in [1.82, 2.24) is 4.72 Å². The largest absolute Gasteiger partial charge is 0.478 e. The third-order valence-electron chi connectivity index (χ3n) is 4.64. The second-order valence-corrected chi connectivity index (χ2v) is 9.90. The lowest BCUT2D eigenvalue weighted by Crippen LogP contribution is -2.26. The summed E-state index contributed by atoms with van der Waals surface area (Å²) >= 11 is 1.68. The van der Waals surface area contributed by atoms with Crippen LogP contribution in [0.15, 0.2) is 81.4 Å². The van der Waals surface area contributed by atoms with Crippen LogP contribution in [0.3, 0.4) is 0 Å². The van der Waals surface area contributed by atoms with Gasteiger partial charge < -0.3 is 5.11 Å². The first-order chi connectivity index (χ1) is 14.2. The third kappa shape index (κ3) is 5.72. The van der Waals surface area contributed by atoms with E-state index in [1.165, 1.54) is 28.7 Å². The van der Waals surface area contributed by atoms with E-state index < -0.39 is 16.0 Å². The molecule has 30 heavy (non-hydrogen) atoms. The van der Waals surface area contributed by atoms with Gasteiger partial charge in [-0.2, -0.15) is 0 Å². The van der Waals surface area contributed by atoms with Gasteiger partial charge in [0.25, 0.3) is 0 Å². The van der Waals surface area contributed by atoms with E-state index >= 15 is 0 Å². The Morgan fingerprint density at radius 3 is 2.13 bits per heavy atom. The molecule has 0 saturated heterocycles. The van der Waals surface area contributed by atoms with Crippen molar-refractivity contribution in [2.24, 2.45) is 0 Å². The van der Waals surface area contributed by atoms with Gasteiger partial charge in [0.05, 0.1) is 10.5 Å². The molecule has 0 atom stereocenters. The van der Waals surface area contributed by atoms with Gasteiger partial charge >= 0.3 is 5.97 Å². The van der Waals surface area contributed by atoms with E-state index in [0.29, 0.717) is 12.0 Å². The highest BCUT2D eigenvalue weighted by atomic mass is 32.2. The number of aryl methyl sites for hydroxylation is 2. The summed E-state index contributed by atoms with van der Waals surface area (Å²) in [6.45, 7) is 3.92. The van der Waals surface area contributed by atoms with Crippen LogP contribution in [0.2, 0.25) is 0 Å². The molecule has 3 rings (SSSR count). The van der Waals surface area contributed by atoms with Crippen LogP contribution < -0.4 is 4.72 Å². The van der Waals surface area contributed by atoms with Crippen LogP contribution in [0.5, 0.6) is 0 Å². The highest BCUT2D eigenvalue weighted by molar-refractivity contribution is 7.99. The van der Waals surface area contributed by atoms with Gasteiger partial charge in [0.1, 0.15) is 0 Å². The molecule has 0 spiro atoms. The Morgan fingerprint density at radius 1 is 0.933 bits per heavy atom. The molecule has 0 bridgehead atoms. The number of benzene rings is 3. The zero-order valence-electron chi connectivity index (χ0n) is 16.8. The summed E-state index contributed by atoms with van der Waals surface area (Å²) in [5.74, 6) is -1.15. The molecule has 0 saturated carbocycles. The van der Waals surface area contributed by atoms with Gasteiger partial charge in [-0.15, -0.1) is 0 Å². The van der Waals surface area contributed by atoms with E-state index in [-0.39, 0.29) is 17.0 Å². The molecule has 0 aliphatic heterocycles. The van der Waals surface area contributed by atoms with E-state index in [1.54, 1.807) is 18.7 Å². The lowest BCUT2D eigenvalue weighted by atomic mass is 10.1. The van der Waals surface area contributed by atoms with Crippen LogP contribution in [0.4, 0.5) is 0 Å². The summed E-state index contributed by atoms with van der Waals surface area (Å²) in [6, 6.07) is 20.5. The lowest BCUT2D eigenvalue weighted by Gasteiger charge is -2.09. The van der Waals surface area contributed by atoms with Crippen LogP contribution in [0.1, 0.15) is 27.0 Å². The minimum atomic E-state index is -3.77. The predicted molar refractivity (Wildman–Crippen MR) is 119 cm³/mol. The highest BCUT2D eigenvalue weighted by Crippen LogP contribution is 2.28. The van der Waals surface area contributed by atoms with Crippen LogP contribution in [-0.4, -0.2) is 26.0 Å². The molecule has 0 aliphatic rings. The molecule has 0 heterocycles. The first-order valence-electron chi connectivity index (χ1n) is 9.42. The van der Waals surface area contributed by atoms with Crippen molar-refractivity contribution in [2.45, 2.75) is 35.0 Å². The van der Waals surface area contributed by atoms with Crippen molar-refractivity contribution < 1.29 is 18.3 Å². The molecular formula is C23H23NO4S2. The first-order valence-corrected chi connectivity index (χ1v) is 11.7. The zero-order valence-corrected chi connectivity index (χ0v) is 18.4. The fraction of sp³-hybridized carbons (Fsp3) is 0.174. The molecule has 0 amide bonds. The normalized spacial score (nSPS) is 11.4. The van der Waals surface area contributed by atoms with Crippen LogP contribution in [0.25, 0.3) is 0 Å². The number of hydrogen-bond acceptors (Lipinski definition) is 4. The molecule has 156 valence electrons. The van der Waals surface area contributed by atoms with Crippen molar-refractivity contribution in [2.75, 3.05) is 6.54 Å². The van der Waals surface area contributed by atoms with Gasteiger partial charge in [0, 0.05) is 16.3 Å². The number of aromatic carboxylic acids is 1. The van der Waals surface area contributed by atoms with Crippen molar-refractivity contribution in [1.29, 1.82) is 0 Å². The number of carboxylic acids is 1. The maximum absolute atomic E-state index is 12.5. The maximum Gasteiger partial charge on any atom is 0.335 e. The van der Waals surface area contributed by atoms with Gasteiger partial charge in [0.2, 0.25) is 10.0 Å². The van der Waals surface area contributed by atoms with E-state index in [1.807, 2.05) is 24.3 Å². The molecule has 3 aromatic carbocycles. The van der Waals surface area contributed by atoms with Crippen LogP contribution in [0, 0.1) is 13.8 Å². The average molecular weight is 442 g/mol. The molecule has 7 heteroatoms. The van der Waals surface area contributed by atoms with E-state index in [4.69, 9.17) is 0 Å². The van der Waals surface area contributed by atoms with Gasteiger partial charge in [-0.1, -0.05) is 47.7 Å². The number of sulfonamides is 1. The Balaban J connectivity index is 1.58. The Bertz CT molecular complexity index is 1140. The van der Waals surface area contributed by atoms with Gasteiger partial charge in [-0.3, -0.25) is 0 Å². The number of carbonyl (C=O) groups is 1. The minimum absolute atomic E-state index is 0.0143. The van der Waals surface area contributed by atoms with Gasteiger partial charge in [-0.25, -0.2) is 17.9 Å². The van der Waals surface area contributed by atoms with Crippen molar-refractivity contribution in [3.8, 4) is 0 Å². The second-order valence-electron chi connectivity index (χ2n) is 6.99. The molecular weight excluding hydrogens is 418 g/mol. The molecule has 0 fully saturated rings. The van der Waals surface area contributed by atoms with Crippen LogP contribution >= 0.6 is 11.8 Å². The standard InChI is InChI=1S/C23H23NO4S2/c1-16-3-8-19(9-4-16)29-20-10-6-18(7-11-20)13-14-24-30(27,28)21-12-5-17(2)22(15-21)23(25)26/h3-12,15,24H,13-14H2,1-2H3,(H,25,26). The Morgan fingerprint density at radius 2 is 1.53 bits per heavy atom.